The minimum atomic E-state index is 0.0291. The van der Waals surface area contributed by atoms with E-state index in [1.54, 1.807) is 18.5 Å². The SMILES string of the molecule is CCC(Nc1nc(C)ccc1C#N)c1ncc[nH]1. The van der Waals surface area contributed by atoms with Crippen molar-refractivity contribution in [3.8, 4) is 6.07 Å². The van der Waals surface area contributed by atoms with E-state index in [-0.39, 0.29) is 6.04 Å². The number of aryl methyl sites for hydroxylation is 1. The number of hydrogen-bond acceptors (Lipinski definition) is 4. The molecule has 0 aliphatic heterocycles. The van der Waals surface area contributed by atoms with Gasteiger partial charge in [-0.3, -0.25) is 0 Å². The van der Waals surface area contributed by atoms with Crippen LogP contribution in [0.15, 0.2) is 24.5 Å². The van der Waals surface area contributed by atoms with Gasteiger partial charge in [0.1, 0.15) is 17.7 Å². The quantitative estimate of drug-likeness (QED) is 0.862. The van der Waals surface area contributed by atoms with Crippen LogP contribution in [0.3, 0.4) is 0 Å². The lowest BCUT2D eigenvalue weighted by Crippen LogP contribution is -2.13. The van der Waals surface area contributed by atoms with E-state index in [0.29, 0.717) is 11.4 Å². The van der Waals surface area contributed by atoms with Crippen LogP contribution in [0.5, 0.6) is 0 Å². The van der Waals surface area contributed by atoms with Gasteiger partial charge in [-0.05, 0) is 25.5 Å². The Morgan fingerprint density at radius 1 is 1.50 bits per heavy atom. The van der Waals surface area contributed by atoms with Gasteiger partial charge in [0, 0.05) is 18.1 Å². The number of rotatable bonds is 4. The zero-order chi connectivity index (χ0) is 13.0. The zero-order valence-electron chi connectivity index (χ0n) is 10.4. The normalized spacial score (nSPS) is 11.8. The molecule has 0 aliphatic rings. The lowest BCUT2D eigenvalue weighted by molar-refractivity contribution is 0.699. The van der Waals surface area contributed by atoms with Crippen molar-refractivity contribution in [3.05, 3.63) is 41.6 Å². The molecule has 2 rings (SSSR count). The van der Waals surface area contributed by atoms with Crippen LogP contribution >= 0.6 is 0 Å². The Hall–Kier alpha value is -2.35. The summed E-state index contributed by atoms with van der Waals surface area (Å²) < 4.78 is 0. The van der Waals surface area contributed by atoms with Crippen molar-refractivity contribution in [3.63, 3.8) is 0 Å². The van der Waals surface area contributed by atoms with Crippen molar-refractivity contribution in [2.45, 2.75) is 26.3 Å². The Balaban J connectivity index is 2.27. The van der Waals surface area contributed by atoms with Gasteiger partial charge in [0.15, 0.2) is 0 Å². The van der Waals surface area contributed by atoms with Crippen molar-refractivity contribution in [2.24, 2.45) is 0 Å². The lowest BCUT2D eigenvalue weighted by Gasteiger charge is -2.16. The molecule has 0 saturated heterocycles. The number of H-pyrrole nitrogens is 1. The van der Waals surface area contributed by atoms with E-state index in [2.05, 4.69) is 33.3 Å². The highest BCUT2D eigenvalue weighted by molar-refractivity contribution is 5.53. The first kappa shape index (κ1) is 12.1. The van der Waals surface area contributed by atoms with Crippen molar-refractivity contribution in [1.29, 1.82) is 5.26 Å². The molecule has 0 aliphatic carbocycles. The van der Waals surface area contributed by atoms with Crippen molar-refractivity contribution in [2.75, 3.05) is 5.32 Å². The molecule has 92 valence electrons. The molecule has 5 nitrogen and oxygen atoms in total. The molecular formula is C13H15N5. The number of aromatic amines is 1. The Kier molecular flexibility index (Phi) is 3.58. The monoisotopic (exact) mass is 241 g/mol. The van der Waals surface area contributed by atoms with Gasteiger partial charge < -0.3 is 10.3 Å². The predicted molar refractivity (Wildman–Crippen MR) is 68.9 cm³/mol. The molecule has 0 fully saturated rings. The second-order valence-electron chi connectivity index (χ2n) is 4.04. The van der Waals surface area contributed by atoms with Crippen molar-refractivity contribution >= 4 is 5.82 Å². The van der Waals surface area contributed by atoms with Gasteiger partial charge in [0.2, 0.25) is 0 Å². The maximum atomic E-state index is 9.07. The number of imidazole rings is 1. The van der Waals surface area contributed by atoms with Crippen LogP contribution in [-0.4, -0.2) is 15.0 Å². The third kappa shape index (κ3) is 2.48. The summed E-state index contributed by atoms with van der Waals surface area (Å²) in [6, 6.07) is 5.78. The molecule has 2 aromatic rings. The predicted octanol–water partition coefficient (Wildman–Crippen LogP) is 2.55. The van der Waals surface area contributed by atoms with Crippen LogP contribution in [0.25, 0.3) is 0 Å². The highest BCUT2D eigenvalue weighted by Gasteiger charge is 2.14. The summed E-state index contributed by atoms with van der Waals surface area (Å²) in [7, 11) is 0. The average molecular weight is 241 g/mol. The van der Waals surface area contributed by atoms with Gasteiger partial charge in [-0.2, -0.15) is 5.26 Å². The largest absolute Gasteiger partial charge is 0.359 e. The van der Waals surface area contributed by atoms with E-state index in [1.807, 2.05) is 13.0 Å². The average Bonchev–Trinajstić information content (AvgIpc) is 2.90. The van der Waals surface area contributed by atoms with Crippen LogP contribution in [0.2, 0.25) is 0 Å². The Labute approximate surface area is 106 Å². The zero-order valence-corrected chi connectivity index (χ0v) is 10.4. The number of nitrogens with one attached hydrogen (secondary N) is 2. The first-order chi connectivity index (χ1) is 8.74. The Morgan fingerprint density at radius 2 is 2.33 bits per heavy atom. The number of aromatic nitrogens is 3. The van der Waals surface area contributed by atoms with Crippen LogP contribution in [0.4, 0.5) is 5.82 Å². The summed E-state index contributed by atoms with van der Waals surface area (Å²) in [5.41, 5.74) is 1.43. The summed E-state index contributed by atoms with van der Waals surface area (Å²) in [6.45, 7) is 3.96. The minimum absolute atomic E-state index is 0.0291. The third-order valence-electron chi connectivity index (χ3n) is 2.72. The van der Waals surface area contributed by atoms with Gasteiger partial charge in [-0.1, -0.05) is 6.92 Å². The maximum Gasteiger partial charge on any atom is 0.144 e. The van der Waals surface area contributed by atoms with Gasteiger partial charge >= 0.3 is 0 Å². The number of nitrogens with zero attached hydrogens (tertiary/aromatic N) is 3. The van der Waals surface area contributed by atoms with E-state index in [4.69, 9.17) is 5.26 Å². The molecule has 0 amide bonds. The van der Waals surface area contributed by atoms with Gasteiger partial charge in [0.05, 0.1) is 11.6 Å². The topological polar surface area (TPSA) is 77.4 Å². The van der Waals surface area contributed by atoms with Crippen LogP contribution in [0, 0.1) is 18.3 Å². The highest BCUT2D eigenvalue weighted by Crippen LogP contribution is 2.21. The number of pyridine rings is 1. The summed E-state index contributed by atoms with van der Waals surface area (Å²) in [4.78, 5) is 11.7. The Bertz CT molecular complexity index is 553. The van der Waals surface area contributed by atoms with Crippen LogP contribution in [-0.2, 0) is 0 Å². The standard InChI is InChI=1S/C13H15N5/c1-3-11(13-15-6-7-16-13)18-12-10(8-14)5-4-9(2)17-12/h4-7,11H,3H2,1-2H3,(H,15,16)(H,17,18). The molecule has 18 heavy (non-hydrogen) atoms. The number of nitriles is 1. The van der Waals surface area contributed by atoms with E-state index in [0.717, 1.165) is 17.9 Å². The van der Waals surface area contributed by atoms with Crippen molar-refractivity contribution < 1.29 is 0 Å². The molecule has 0 aromatic carbocycles. The molecule has 1 unspecified atom stereocenters. The fourth-order valence-electron chi connectivity index (χ4n) is 1.75. The second kappa shape index (κ2) is 5.32. The molecule has 0 saturated carbocycles. The van der Waals surface area contributed by atoms with E-state index < -0.39 is 0 Å². The van der Waals surface area contributed by atoms with Crippen LogP contribution < -0.4 is 5.32 Å². The summed E-state index contributed by atoms with van der Waals surface area (Å²) in [6.07, 6.45) is 4.36. The molecule has 2 N–H and O–H groups in total. The van der Waals surface area contributed by atoms with Crippen molar-refractivity contribution in [1.82, 2.24) is 15.0 Å². The summed E-state index contributed by atoms with van der Waals surface area (Å²) in [5, 5.41) is 12.3. The smallest absolute Gasteiger partial charge is 0.144 e. The summed E-state index contributed by atoms with van der Waals surface area (Å²) >= 11 is 0. The Morgan fingerprint density at radius 3 is 2.94 bits per heavy atom. The lowest BCUT2D eigenvalue weighted by atomic mass is 10.2. The van der Waals surface area contributed by atoms with Gasteiger partial charge in [-0.15, -0.1) is 0 Å². The highest BCUT2D eigenvalue weighted by atomic mass is 15.1. The molecule has 2 heterocycles. The summed E-state index contributed by atoms with van der Waals surface area (Å²) in [5.74, 6) is 1.46. The number of hydrogen-bond donors (Lipinski definition) is 2. The van der Waals surface area contributed by atoms with E-state index >= 15 is 0 Å². The fraction of sp³-hybridized carbons (Fsp3) is 0.308. The first-order valence-corrected chi connectivity index (χ1v) is 5.88. The molecule has 0 bridgehead atoms. The molecule has 0 spiro atoms. The van der Waals surface area contributed by atoms with E-state index in [9.17, 15) is 0 Å². The van der Waals surface area contributed by atoms with E-state index in [1.165, 1.54) is 0 Å². The first-order valence-electron chi connectivity index (χ1n) is 5.88. The molecule has 5 heteroatoms. The molecule has 0 radical (unpaired) electrons. The number of anilines is 1. The van der Waals surface area contributed by atoms with Crippen LogP contribution in [0.1, 0.15) is 36.5 Å². The second-order valence-corrected chi connectivity index (χ2v) is 4.04. The molecule has 2 aromatic heterocycles. The maximum absolute atomic E-state index is 9.07. The fourth-order valence-corrected chi connectivity index (χ4v) is 1.75. The van der Waals surface area contributed by atoms with Gasteiger partial charge in [0.25, 0.3) is 0 Å². The minimum Gasteiger partial charge on any atom is -0.359 e. The molecule has 1 atom stereocenters. The molecular weight excluding hydrogens is 226 g/mol. The van der Waals surface area contributed by atoms with Gasteiger partial charge in [-0.25, -0.2) is 9.97 Å². The third-order valence-corrected chi connectivity index (χ3v) is 2.72.